The van der Waals surface area contributed by atoms with E-state index >= 15 is 0 Å². The molecule has 5 nitrogen and oxygen atoms in total. The number of hydrogen-bond donors (Lipinski definition) is 1. The van der Waals surface area contributed by atoms with E-state index in [1.165, 1.54) is 0 Å². The van der Waals surface area contributed by atoms with Gasteiger partial charge in [-0.05, 0) is 48.4 Å². The van der Waals surface area contributed by atoms with Gasteiger partial charge < -0.3 is 9.47 Å². The van der Waals surface area contributed by atoms with Crippen LogP contribution >= 0.6 is 0 Å². The summed E-state index contributed by atoms with van der Waals surface area (Å²) < 4.78 is 11.0. The average Bonchev–Trinajstić information content (AvgIpc) is 3.41. The zero-order valence-corrected chi connectivity index (χ0v) is 16.0. The monoisotopic (exact) mass is 384 g/mol. The molecule has 0 radical (unpaired) electrons. The lowest BCUT2D eigenvalue weighted by Gasteiger charge is -2.26. The lowest BCUT2D eigenvalue weighted by molar-refractivity contribution is 0.0672. The maximum Gasteiger partial charge on any atom is 0.273 e. The summed E-state index contributed by atoms with van der Waals surface area (Å²) in [7, 11) is 0. The summed E-state index contributed by atoms with van der Waals surface area (Å²) in [5.41, 5.74) is 7.94. The van der Waals surface area contributed by atoms with Crippen molar-refractivity contribution >= 4 is 11.6 Å². The minimum atomic E-state index is -0.270. The van der Waals surface area contributed by atoms with Gasteiger partial charge in [-0.2, -0.15) is 0 Å². The second-order valence-corrected chi connectivity index (χ2v) is 7.16. The number of aryl methyl sites for hydroxylation is 1. The van der Waals surface area contributed by atoms with Gasteiger partial charge in [0.25, 0.3) is 5.91 Å². The Morgan fingerprint density at radius 1 is 0.966 bits per heavy atom. The van der Waals surface area contributed by atoms with Gasteiger partial charge in [-0.25, -0.2) is 5.01 Å². The van der Waals surface area contributed by atoms with Crippen LogP contribution in [0.15, 0.2) is 78.9 Å². The van der Waals surface area contributed by atoms with Crippen LogP contribution < -0.4 is 14.9 Å². The standard InChI is InChI=1S/C24H20N2O3/c1-16-7-9-18(10-8-16)24(27)26-21(14-20(25-26)17-5-3-2-4-6-17)19-11-12-22-23(13-19)29-15-28-22/h2-14,21,25H,15H2,1H3. The number of hydrazine groups is 1. The highest BCUT2D eigenvalue weighted by atomic mass is 16.7. The maximum absolute atomic E-state index is 13.3. The number of ether oxygens (including phenoxy) is 2. The van der Waals surface area contributed by atoms with E-state index in [0.717, 1.165) is 28.1 Å². The van der Waals surface area contributed by atoms with Crippen LogP contribution in [0.25, 0.3) is 5.70 Å². The van der Waals surface area contributed by atoms with Crippen LogP contribution in [0.5, 0.6) is 11.5 Å². The molecule has 0 saturated carbocycles. The highest BCUT2D eigenvalue weighted by Gasteiger charge is 2.32. The van der Waals surface area contributed by atoms with E-state index in [0.29, 0.717) is 11.3 Å². The minimum absolute atomic E-state index is 0.0881. The van der Waals surface area contributed by atoms with Crippen LogP contribution in [0.1, 0.15) is 33.1 Å². The fraction of sp³-hybridized carbons (Fsp3) is 0.125. The van der Waals surface area contributed by atoms with Crippen molar-refractivity contribution < 1.29 is 14.3 Å². The Morgan fingerprint density at radius 3 is 2.52 bits per heavy atom. The van der Waals surface area contributed by atoms with Crippen LogP contribution in [0.2, 0.25) is 0 Å². The molecular weight excluding hydrogens is 364 g/mol. The molecule has 0 aliphatic carbocycles. The quantitative estimate of drug-likeness (QED) is 0.724. The summed E-state index contributed by atoms with van der Waals surface area (Å²) in [6, 6.07) is 23.1. The van der Waals surface area contributed by atoms with Crippen molar-refractivity contribution in [2.45, 2.75) is 13.0 Å². The third kappa shape index (κ3) is 3.21. The molecule has 0 fully saturated rings. The van der Waals surface area contributed by atoms with Gasteiger partial charge in [0, 0.05) is 5.56 Å². The molecule has 0 bridgehead atoms. The molecule has 5 rings (SSSR count). The van der Waals surface area contributed by atoms with Crippen molar-refractivity contribution in [1.29, 1.82) is 0 Å². The molecule has 0 saturated heterocycles. The number of benzene rings is 3. The number of nitrogens with zero attached hydrogens (tertiary/aromatic N) is 1. The van der Waals surface area contributed by atoms with Crippen LogP contribution in [0, 0.1) is 6.92 Å². The zero-order chi connectivity index (χ0) is 19.8. The summed E-state index contributed by atoms with van der Waals surface area (Å²) in [6.07, 6.45) is 2.07. The first kappa shape index (κ1) is 17.4. The van der Waals surface area contributed by atoms with E-state index in [4.69, 9.17) is 9.47 Å². The van der Waals surface area contributed by atoms with Crippen molar-refractivity contribution in [3.8, 4) is 11.5 Å². The summed E-state index contributed by atoms with van der Waals surface area (Å²) in [5.74, 6) is 1.34. The summed E-state index contributed by atoms with van der Waals surface area (Å²) >= 11 is 0. The van der Waals surface area contributed by atoms with Gasteiger partial charge in [0.05, 0.1) is 11.7 Å². The van der Waals surface area contributed by atoms with Crippen LogP contribution in [0.3, 0.4) is 0 Å². The summed E-state index contributed by atoms with van der Waals surface area (Å²) in [5, 5.41) is 1.67. The largest absolute Gasteiger partial charge is 0.454 e. The Hall–Kier alpha value is -3.73. The minimum Gasteiger partial charge on any atom is -0.454 e. The van der Waals surface area contributed by atoms with Crippen LogP contribution in [-0.4, -0.2) is 17.7 Å². The third-order valence-corrected chi connectivity index (χ3v) is 5.18. The van der Waals surface area contributed by atoms with Gasteiger partial charge in [-0.15, -0.1) is 0 Å². The molecule has 0 spiro atoms. The van der Waals surface area contributed by atoms with Gasteiger partial charge in [-0.1, -0.05) is 54.1 Å². The first-order chi connectivity index (χ1) is 14.2. The Labute approximate surface area is 169 Å². The number of carbonyl (C=O) groups is 1. The predicted molar refractivity (Wildman–Crippen MR) is 110 cm³/mol. The Bertz CT molecular complexity index is 1090. The smallest absolute Gasteiger partial charge is 0.273 e. The Morgan fingerprint density at radius 2 is 1.72 bits per heavy atom. The fourth-order valence-electron chi connectivity index (χ4n) is 3.60. The third-order valence-electron chi connectivity index (χ3n) is 5.18. The number of rotatable bonds is 3. The van der Waals surface area contributed by atoms with Gasteiger partial charge in [0.1, 0.15) is 0 Å². The molecule has 1 N–H and O–H groups in total. The molecule has 144 valence electrons. The average molecular weight is 384 g/mol. The topological polar surface area (TPSA) is 50.8 Å². The van der Waals surface area contributed by atoms with E-state index in [2.05, 4.69) is 11.5 Å². The molecule has 1 amide bonds. The van der Waals surface area contributed by atoms with Crippen molar-refractivity contribution in [2.75, 3.05) is 6.79 Å². The molecule has 0 aromatic heterocycles. The van der Waals surface area contributed by atoms with E-state index in [1.54, 1.807) is 5.01 Å². The number of fused-ring (bicyclic) bond motifs is 1. The van der Waals surface area contributed by atoms with Gasteiger partial charge in [0.2, 0.25) is 6.79 Å². The molecule has 1 unspecified atom stereocenters. The maximum atomic E-state index is 13.3. The highest BCUT2D eigenvalue weighted by Crippen LogP contribution is 2.38. The summed E-state index contributed by atoms with van der Waals surface area (Å²) in [4.78, 5) is 13.3. The Kier molecular flexibility index (Phi) is 4.21. The second kappa shape index (κ2) is 7.02. The zero-order valence-electron chi connectivity index (χ0n) is 16.0. The number of nitrogens with one attached hydrogen (secondary N) is 1. The van der Waals surface area contributed by atoms with Crippen molar-refractivity contribution in [1.82, 2.24) is 10.4 Å². The number of amides is 1. The SMILES string of the molecule is Cc1ccc(C(=O)N2NC(c3ccccc3)=CC2c2ccc3c(c2)OCO3)cc1. The van der Waals surface area contributed by atoms with Crippen LogP contribution in [0.4, 0.5) is 0 Å². The summed E-state index contributed by atoms with van der Waals surface area (Å²) in [6.45, 7) is 2.23. The fourth-order valence-corrected chi connectivity index (χ4v) is 3.60. The number of carbonyl (C=O) groups excluding carboxylic acids is 1. The van der Waals surface area contributed by atoms with E-state index in [9.17, 15) is 4.79 Å². The van der Waals surface area contributed by atoms with Gasteiger partial charge >= 0.3 is 0 Å². The Balaban J connectivity index is 1.54. The normalized spacial score (nSPS) is 17.1. The highest BCUT2D eigenvalue weighted by molar-refractivity contribution is 5.95. The van der Waals surface area contributed by atoms with Gasteiger partial charge in [0.15, 0.2) is 11.5 Å². The van der Waals surface area contributed by atoms with E-state index in [-0.39, 0.29) is 18.7 Å². The first-order valence-corrected chi connectivity index (χ1v) is 9.53. The van der Waals surface area contributed by atoms with Crippen molar-refractivity contribution in [2.24, 2.45) is 0 Å². The molecule has 3 aromatic carbocycles. The van der Waals surface area contributed by atoms with E-state index < -0.39 is 0 Å². The molecule has 29 heavy (non-hydrogen) atoms. The molecular formula is C24H20N2O3. The van der Waals surface area contributed by atoms with E-state index in [1.807, 2.05) is 79.7 Å². The van der Waals surface area contributed by atoms with Crippen LogP contribution in [-0.2, 0) is 0 Å². The molecule has 1 atom stereocenters. The molecule has 2 aliphatic rings. The van der Waals surface area contributed by atoms with Gasteiger partial charge in [-0.3, -0.25) is 10.2 Å². The lowest BCUT2D eigenvalue weighted by atomic mass is 10.0. The van der Waals surface area contributed by atoms with Crippen molar-refractivity contribution in [3.05, 3.63) is 101 Å². The molecule has 2 heterocycles. The number of hydrogen-bond acceptors (Lipinski definition) is 4. The predicted octanol–water partition coefficient (Wildman–Crippen LogP) is 4.47. The van der Waals surface area contributed by atoms with Crippen molar-refractivity contribution in [3.63, 3.8) is 0 Å². The first-order valence-electron chi connectivity index (χ1n) is 9.53. The molecule has 5 heteroatoms. The molecule has 2 aliphatic heterocycles. The lowest BCUT2D eigenvalue weighted by Crippen LogP contribution is -2.39. The molecule has 3 aromatic rings. The second-order valence-electron chi connectivity index (χ2n) is 7.16.